The van der Waals surface area contributed by atoms with Crippen LogP contribution >= 0.6 is 15.9 Å². The van der Waals surface area contributed by atoms with E-state index < -0.39 is 5.97 Å². The van der Waals surface area contributed by atoms with Gasteiger partial charge in [-0.25, -0.2) is 4.39 Å². The van der Waals surface area contributed by atoms with Gasteiger partial charge in [-0.15, -0.1) is 0 Å². The Morgan fingerprint density at radius 2 is 2.20 bits per heavy atom. The van der Waals surface area contributed by atoms with Gasteiger partial charge in [0.15, 0.2) is 0 Å². The molecule has 2 aliphatic rings. The van der Waals surface area contributed by atoms with E-state index in [1.54, 1.807) is 18.2 Å². The zero-order chi connectivity index (χ0) is 17.6. The van der Waals surface area contributed by atoms with Crippen LogP contribution in [0.4, 0.5) is 4.39 Å². The predicted octanol–water partition coefficient (Wildman–Crippen LogP) is 4.61. The molecule has 0 fully saturated rings. The predicted molar refractivity (Wildman–Crippen MR) is 92.7 cm³/mol. The molecule has 130 valence electrons. The molecule has 4 rings (SSSR count). The molecule has 0 unspecified atom stereocenters. The van der Waals surface area contributed by atoms with Crippen molar-refractivity contribution < 1.29 is 23.8 Å². The number of benzene rings is 2. The topological polar surface area (TPSA) is 55.8 Å². The van der Waals surface area contributed by atoms with Crippen molar-refractivity contribution in [3.63, 3.8) is 0 Å². The summed E-state index contributed by atoms with van der Waals surface area (Å²) in [6.45, 7) is 0.360. The van der Waals surface area contributed by atoms with Crippen molar-refractivity contribution >= 4 is 21.9 Å². The number of carboxylic acid groups (broad SMARTS) is 1. The molecule has 6 heteroatoms. The molecular weight excluding hydrogens is 391 g/mol. The normalized spacial score (nSPS) is 20.7. The molecule has 0 aromatic heterocycles. The molecule has 0 saturated carbocycles. The Kier molecular flexibility index (Phi) is 4.15. The van der Waals surface area contributed by atoms with Gasteiger partial charge in [-0.2, -0.15) is 0 Å². The van der Waals surface area contributed by atoms with Crippen LogP contribution in [0, 0.1) is 5.82 Å². The first-order valence-corrected chi connectivity index (χ1v) is 8.94. The van der Waals surface area contributed by atoms with Crippen LogP contribution < -0.4 is 9.47 Å². The Morgan fingerprint density at radius 3 is 3.00 bits per heavy atom. The lowest BCUT2D eigenvalue weighted by Gasteiger charge is -2.16. The van der Waals surface area contributed by atoms with Crippen LogP contribution in [0.1, 0.15) is 41.6 Å². The van der Waals surface area contributed by atoms with Crippen LogP contribution in [0.3, 0.4) is 0 Å². The number of ether oxygens (including phenoxy) is 2. The molecule has 25 heavy (non-hydrogen) atoms. The second-order valence-corrected chi connectivity index (χ2v) is 7.23. The first-order valence-electron chi connectivity index (χ1n) is 8.15. The number of hydrogen-bond donors (Lipinski definition) is 1. The van der Waals surface area contributed by atoms with Gasteiger partial charge in [-0.05, 0) is 36.6 Å². The maximum atomic E-state index is 14.2. The minimum atomic E-state index is -0.842. The fraction of sp³-hybridized carbons (Fsp3) is 0.316. The molecule has 2 atom stereocenters. The largest absolute Gasteiger partial charge is 0.492 e. The van der Waals surface area contributed by atoms with Gasteiger partial charge in [0.05, 0.1) is 13.0 Å². The van der Waals surface area contributed by atoms with E-state index >= 15 is 0 Å². The van der Waals surface area contributed by atoms with E-state index in [0.717, 1.165) is 22.0 Å². The van der Waals surface area contributed by atoms with E-state index in [0.29, 0.717) is 30.1 Å². The molecule has 2 aromatic carbocycles. The van der Waals surface area contributed by atoms with Crippen molar-refractivity contribution in [1.82, 2.24) is 0 Å². The van der Waals surface area contributed by atoms with Crippen LogP contribution in [0.25, 0.3) is 0 Å². The van der Waals surface area contributed by atoms with Crippen molar-refractivity contribution in [3.8, 4) is 11.5 Å². The number of carboxylic acids is 1. The lowest BCUT2D eigenvalue weighted by atomic mass is 9.98. The molecule has 2 aromatic rings. The Labute approximate surface area is 152 Å². The minimum Gasteiger partial charge on any atom is -0.492 e. The molecular formula is C19H16BrFO4. The van der Waals surface area contributed by atoms with Crippen molar-refractivity contribution in [3.05, 3.63) is 57.3 Å². The molecule has 1 N–H and O–H groups in total. The van der Waals surface area contributed by atoms with Crippen LogP contribution in [0.5, 0.6) is 11.5 Å². The van der Waals surface area contributed by atoms with Gasteiger partial charge in [0.2, 0.25) is 0 Å². The van der Waals surface area contributed by atoms with Gasteiger partial charge in [0.25, 0.3) is 0 Å². The van der Waals surface area contributed by atoms with Crippen molar-refractivity contribution in [2.24, 2.45) is 0 Å². The highest BCUT2D eigenvalue weighted by Gasteiger charge is 2.31. The van der Waals surface area contributed by atoms with Crippen molar-refractivity contribution in [2.45, 2.75) is 31.3 Å². The van der Waals surface area contributed by atoms with Gasteiger partial charge in [0.1, 0.15) is 23.4 Å². The Bertz CT molecular complexity index is 852. The van der Waals surface area contributed by atoms with E-state index in [2.05, 4.69) is 15.9 Å². The lowest BCUT2D eigenvalue weighted by Crippen LogP contribution is -2.07. The average molecular weight is 407 g/mol. The second-order valence-electron chi connectivity index (χ2n) is 6.37. The molecule has 0 saturated heterocycles. The zero-order valence-electron chi connectivity index (χ0n) is 13.3. The summed E-state index contributed by atoms with van der Waals surface area (Å²) in [6, 6.07) is 8.59. The van der Waals surface area contributed by atoms with Crippen LogP contribution in [0.15, 0.2) is 34.8 Å². The maximum Gasteiger partial charge on any atom is 0.304 e. The summed E-state index contributed by atoms with van der Waals surface area (Å²) in [4.78, 5) is 10.9. The Hall–Kier alpha value is -2.08. The SMILES string of the molecule is O=C(O)C[C@@H]1COc2cc(O[C@@H]3CCc4c(Br)ccc(F)c43)ccc21. The van der Waals surface area contributed by atoms with E-state index in [1.165, 1.54) is 6.07 Å². The van der Waals surface area contributed by atoms with Gasteiger partial charge in [-0.3, -0.25) is 4.79 Å². The standard InChI is InChI=1S/C19H16BrFO4/c20-14-4-5-15(21)19-13(14)3-6-16(19)25-11-1-2-12-10(7-18(22)23)9-24-17(12)8-11/h1-2,4-5,8,10,16H,3,6-7,9H2,(H,22,23)/t10-,16-/m1/s1. The van der Waals surface area contributed by atoms with Gasteiger partial charge < -0.3 is 14.6 Å². The number of hydrogen-bond acceptors (Lipinski definition) is 3. The van der Waals surface area contributed by atoms with Crippen LogP contribution in [0.2, 0.25) is 0 Å². The van der Waals surface area contributed by atoms with E-state index in [9.17, 15) is 9.18 Å². The third kappa shape index (κ3) is 2.99. The summed E-state index contributed by atoms with van der Waals surface area (Å²) >= 11 is 3.47. The molecule has 4 nitrogen and oxygen atoms in total. The summed E-state index contributed by atoms with van der Waals surface area (Å²) in [7, 11) is 0. The number of halogens is 2. The number of carbonyl (C=O) groups is 1. The van der Waals surface area contributed by atoms with Gasteiger partial charge in [-0.1, -0.05) is 22.0 Å². The first kappa shape index (κ1) is 16.4. The molecule has 1 aliphatic heterocycles. The van der Waals surface area contributed by atoms with Crippen molar-refractivity contribution in [2.75, 3.05) is 6.61 Å². The highest BCUT2D eigenvalue weighted by molar-refractivity contribution is 9.10. The summed E-state index contributed by atoms with van der Waals surface area (Å²) in [5.41, 5.74) is 2.46. The number of fused-ring (bicyclic) bond motifs is 2. The number of aliphatic carboxylic acids is 1. The Balaban J connectivity index is 1.57. The zero-order valence-corrected chi connectivity index (χ0v) is 14.9. The third-order valence-electron chi connectivity index (χ3n) is 4.79. The molecule has 0 amide bonds. The summed E-state index contributed by atoms with van der Waals surface area (Å²) in [5, 5.41) is 8.97. The highest BCUT2D eigenvalue weighted by atomic mass is 79.9. The fourth-order valence-corrected chi connectivity index (χ4v) is 4.17. The second kappa shape index (κ2) is 6.33. The molecule has 0 bridgehead atoms. The van der Waals surface area contributed by atoms with Crippen molar-refractivity contribution in [1.29, 1.82) is 0 Å². The quantitative estimate of drug-likeness (QED) is 0.805. The van der Waals surface area contributed by atoms with E-state index in [4.69, 9.17) is 14.6 Å². The monoisotopic (exact) mass is 406 g/mol. The van der Waals surface area contributed by atoms with Gasteiger partial charge >= 0.3 is 5.97 Å². The first-order chi connectivity index (χ1) is 12.0. The smallest absolute Gasteiger partial charge is 0.304 e. The average Bonchev–Trinajstić information content (AvgIpc) is 3.16. The summed E-state index contributed by atoms with van der Waals surface area (Å²) in [6.07, 6.45) is 1.19. The van der Waals surface area contributed by atoms with Gasteiger partial charge in [0, 0.05) is 27.6 Å². The third-order valence-corrected chi connectivity index (χ3v) is 5.53. The summed E-state index contributed by atoms with van der Waals surface area (Å²) < 4.78 is 26.8. The maximum absolute atomic E-state index is 14.2. The minimum absolute atomic E-state index is 0.0441. The number of rotatable bonds is 4. The molecule has 0 spiro atoms. The summed E-state index contributed by atoms with van der Waals surface area (Å²) in [5.74, 6) is 0.0239. The van der Waals surface area contributed by atoms with Crippen LogP contribution in [-0.2, 0) is 11.2 Å². The van der Waals surface area contributed by atoms with Crippen LogP contribution in [-0.4, -0.2) is 17.7 Å². The Morgan fingerprint density at radius 1 is 1.36 bits per heavy atom. The molecule has 1 aliphatic carbocycles. The van der Waals surface area contributed by atoms with E-state index in [-0.39, 0.29) is 24.3 Å². The molecule has 1 heterocycles. The molecule has 0 radical (unpaired) electrons. The highest BCUT2D eigenvalue weighted by Crippen LogP contribution is 2.42. The lowest BCUT2D eigenvalue weighted by molar-refractivity contribution is -0.137. The fourth-order valence-electron chi connectivity index (χ4n) is 3.62. The van der Waals surface area contributed by atoms with E-state index in [1.807, 2.05) is 6.07 Å².